The van der Waals surface area contributed by atoms with Crippen molar-refractivity contribution in [1.29, 1.82) is 0 Å². The molecule has 7 heteroatoms. The van der Waals surface area contributed by atoms with E-state index in [0.29, 0.717) is 30.8 Å². The highest BCUT2D eigenvalue weighted by molar-refractivity contribution is 5.99. The Morgan fingerprint density at radius 3 is 2.28 bits per heavy atom. The highest BCUT2D eigenvalue weighted by atomic mass is 16.6. The molecular weight excluding hydrogens is 492 g/mol. The van der Waals surface area contributed by atoms with Gasteiger partial charge in [0.25, 0.3) is 5.91 Å². The van der Waals surface area contributed by atoms with Crippen molar-refractivity contribution in [2.75, 3.05) is 20.8 Å². The number of hydrogen-bond donors (Lipinski definition) is 0. The molecule has 3 atom stereocenters. The van der Waals surface area contributed by atoms with Gasteiger partial charge in [-0.05, 0) is 74.8 Å². The second-order valence-electron chi connectivity index (χ2n) is 13.1. The van der Waals surface area contributed by atoms with Crippen molar-refractivity contribution in [1.82, 2.24) is 9.88 Å². The maximum absolute atomic E-state index is 14.7. The van der Waals surface area contributed by atoms with Crippen LogP contribution >= 0.6 is 0 Å². The van der Waals surface area contributed by atoms with Crippen molar-refractivity contribution < 1.29 is 23.8 Å². The van der Waals surface area contributed by atoms with E-state index >= 15 is 0 Å². The number of ether oxygens (including phenoxy) is 3. The van der Waals surface area contributed by atoms with Crippen LogP contribution in [0, 0.1) is 11.8 Å². The summed E-state index contributed by atoms with van der Waals surface area (Å²) in [6.07, 6.45) is 2.59. The van der Waals surface area contributed by atoms with Gasteiger partial charge in [-0.2, -0.15) is 0 Å². The summed E-state index contributed by atoms with van der Waals surface area (Å²) in [4.78, 5) is 35.3. The normalized spacial score (nSPS) is 21.8. The molecule has 3 rings (SSSR count). The second kappa shape index (κ2) is 11.7. The van der Waals surface area contributed by atoms with Gasteiger partial charge in [0.05, 0.1) is 25.5 Å². The first-order valence-corrected chi connectivity index (χ1v) is 13.8. The zero-order valence-corrected chi connectivity index (χ0v) is 25.3. The number of aromatic nitrogens is 1. The molecule has 0 aliphatic carbocycles. The molecule has 1 aliphatic rings. The summed E-state index contributed by atoms with van der Waals surface area (Å²) >= 11 is 0. The SMILES string of the molecule is COC[C@H]1C[C@@](CC(C)C)(C(=O)OC(C)(C)C)N(C(=O)c2ccc(C(C)(C)C)c(OC)c2)[C@H]1c1ccccn1. The van der Waals surface area contributed by atoms with E-state index in [1.165, 1.54) is 0 Å². The zero-order chi connectivity index (χ0) is 29.2. The van der Waals surface area contributed by atoms with Gasteiger partial charge < -0.3 is 19.1 Å². The number of nitrogens with zero attached hydrogens (tertiary/aromatic N) is 2. The van der Waals surface area contributed by atoms with E-state index in [-0.39, 0.29) is 23.2 Å². The predicted octanol–water partition coefficient (Wildman–Crippen LogP) is 6.36. The minimum Gasteiger partial charge on any atom is -0.496 e. The lowest BCUT2D eigenvalue weighted by molar-refractivity contribution is -0.168. The van der Waals surface area contributed by atoms with Gasteiger partial charge in [-0.3, -0.25) is 9.78 Å². The average Bonchev–Trinajstić information content (AvgIpc) is 3.16. The largest absolute Gasteiger partial charge is 0.496 e. The molecule has 1 aliphatic heterocycles. The van der Waals surface area contributed by atoms with Crippen molar-refractivity contribution in [3.63, 3.8) is 0 Å². The van der Waals surface area contributed by atoms with E-state index < -0.39 is 23.2 Å². The first kappa shape index (κ1) is 30.6. The van der Waals surface area contributed by atoms with Crippen molar-refractivity contribution in [2.45, 2.75) is 90.8 Å². The van der Waals surface area contributed by atoms with Crippen LogP contribution in [-0.4, -0.2) is 53.7 Å². The Labute approximate surface area is 234 Å². The fourth-order valence-electron chi connectivity index (χ4n) is 5.81. The number of benzene rings is 1. The molecule has 1 fully saturated rings. The molecule has 7 nitrogen and oxygen atoms in total. The lowest BCUT2D eigenvalue weighted by Crippen LogP contribution is -2.56. The predicted molar refractivity (Wildman–Crippen MR) is 153 cm³/mol. The zero-order valence-electron chi connectivity index (χ0n) is 25.3. The Hall–Kier alpha value is -2.93. The van der Waals surface area contributed by atoms with Crippen molar-refractivity contribution in [2.24, 2.45) is 11.8 Å². The molecule has 0 N–H and O–H groups in total. The molecular formula is C32H46N2O5. The lowest BCUT2D eigenvalue weighted by atomic mass is 9.83. The summed E-state index contributed by atoms with van der Waals surface area (Å²) < 4.78 is 17.4. The van der Waals surface area contributed by atoms with E-state index in [9.17, 15) is 9.59 Å². The highest BCUT2D eigenvalue weighted by Gasteiger charge is 2.60. The quantitative estimate of drug-likeness (QED) is 0.364. The van der Waals surface area contributed by atoms with E-state index in [0.717, 1.165) is 11.3 Å². The number of methoxy groups -OCH3 is 2. The van der Waals surface area contributed by atoms with Gasteiger partial charge in [0.1, 0.15) is 16.9 Å². The first-order valence-electron chi connectivity index (χ1n) is 13.8. The number of likely N-dealkylation sites (tertiary alicyclic amines) is 1. The van der Waals surface area contributed by atoms with Crippen LogP contribution < -0.4 is 4.74 Å². The van der Waals surface area contributed by atoms with E-state index in [1.54, 1.807) is 31.4 Å². The molecule has 0 saturated carbocycles. The number of esters is 1. The Balaban J connectivity index is 2.28. The van der Waals surface area contributed by atoms with Gasteiger partial charge in [-0.25, -0.2) is 4.79 Å². The minimum absolute atomic E-state index is 0.122. The Bertz CT molecular complexity index is 1150. The summed E-state index contributed by atoms with van der Waals surface area (Å²) in [6.45, 7) is 16.4. The molecule has 0 unspecified atom stereocenters. The maximum Gasteiger partial charge on any atom is 0.332 e. The van der Waals surface area contributed by atoms with Gasteiger partial charge in [-0.1, -0.05) is 46.8 Å². The van der Waals surface area contributed by atoms with Crippen molar-refractivity contribution in [3.05, 3.63) is 59.4 Å². The van der Waals surface area contributed by atoms with Gasteiger partial charge in [-0.15, -0.1) is 0 Å². The molecule has 1 aromatic carbocycles. The van der Waals surface area contributed by atoms with Crippen molar-refractivity contribution >= 4 is 11.9 Å². The van der Waals surface area contributed by atoms with Crippen LogP contribution in [0.15, 0.2) is 42.6 Å². The molecule has 1 saturated heterocycles. The third-order valence-corrected chi connectivity index (χ3v) is 7.16. The van der Waals surface area contributed by atoms with Crippen LogP contribution in [0.2, 0.25) is 0 Å². The molecule has 2 aromatic rings. The number of rotatable bonds is 8. The third kappa shape index (κ3) is 6.63. The molecule has 1 amide bonds. The van der Waals surface area contributed by atoms with Gasteiger partial charge in [0.2, 0.25) is 0 Å². The Kier molecular flexibility index (Phi) is 9.16. The van der Waals surface area contributed by atoms with Crippen molar-refractivity contribution in [3.8, 4) is 5.75 Å². The van der Waals surface area contributed by atoms with Crippen LogP contribution in [0.5, 0.6) is 5.75 Å². The Morgan fingerprint density at radius 2 is 1.77 bits per heavy atom. The van der Waals surface area contributed by atoms with Crippen LogP contribution in [0.3, 0.4) is 0 Å². The number of amides is 1. The summed E-state index contributed by atoms with van der Waals surface area (Å²) in [5, 5.41) is 0. The lowest BCUT2D eigenvalue weighted by Gasteiger charge is -2.41. The fraction of sp³-hybridized carbons (Fsp3) is 0.594. The third-order valence-electron chi connectivity index (χ3n) is 7.16. The maximum atomic E-state index is 14.7. The molecule has 39 heavy (non-hydrogen) atoms. The summed E-state index contributed by atoms with van der Waals surface area (Å²) in [5.74, 6) is -0.0429. The Morgan fingerprint density at radius 1 is 1.08 bits per heavy atom. The number of carbonyl (C=O) groups is 2. The van der Waals surface area contributed by atoms with Gasteiger partial charge in [0, 0.05) is 24.8 Å². The summed E-state index contributed by atoms with van der Waals surface area (Å²) in [7, 11) is 3.26. The second-order valence-corrected chi connectivity index (χ2v) is 13.1. The van der Waals surface area contributed by atoms with Crippen LogP contribution in [-0.2, 0) is 19.7 Å². The highest BCUT2D eigenvalue weighted by Crippen LogP contribution is 2.51. The minimum atomic E-state index is -1.19. The smallest absolute Gasteiger partial charge is 0.332 e. The number of pyridine rings is 1. The van der Waals surface area contributed by atoms with E-state index in [2.05, 4.69) is 39.6 Å². The molecule has 0 spiro atoms. The topological polar surface area (TPSA) is 78.0 Å². The van der Waals surface area contributed by atoms with E-state index in [4.69, 9.17) is 14.2 Å². The molecule has 0 bridgehead atoms. The average molecular weight is 539 g/mol. The van der Waals surface area contributed by atoms with Crippen LogP contribution in [0.25, 0.3) is 0 Å². The fourth-order valence-corrected chi connectivity index (χ4v) is 5.81. The molecule has 0 radical (unpaired) electrons. The van der Waals surface area contributed by atoms with Gasteiger partial charge >= 0.3 is 5.97 Å². The summed E-state index contributed by atoms with van der Waals surface area (Å²) in [5.41, 5.74) is 0.101. The van der Waals surface area contributed by atoms with Gasteiger partial charge in [0.15, 0.2) is 0 Å². The van der Waals surface area contributed by atoms with E-state index in [1.807, 2.05) is 51.1 Å². The van der Waals surface area contributed by atoms with Crippen LogP contribution in [0.4, 0.5) is 0 Å². The van der Waals surface area contributed by atoms with Crippen LogP contribution in [0.1, 0.15) is 95.9 Å². The standard InChI is InChI=1S/C32H46N2O5/c1-21(2)18-32(29(36)39-31(6,7)8)19-23(20-37-9)27(25-13-11-12-16-33-25)34(32)28(35)22-14-15-24(30(3,4)5)26(17-22)38-10/h11-17,21,23,27H,18-20H2,1-10H3/t23-,27-,32+/m1/s1. The molecule has 2 heterocycles. The molecule has 214 valence electrons. The number of hydrogen-bond acceptors (Lipinski definition) is 6. The monoisotopic (exact) mass is 538 g/mol. The molecule has 1 aromatic heterocycles. The summed E-state index contributed by atoms with van der Waals surface area (Å²) in [6, 6.07) is 10.8. The first-order chi connectivity index (χ1) is 18.1. The number of carbonyl (C=O) groups excluding carboxylic acids is 2.